The van der Waals surface area contributed by atoms with Crippen molar-refractivity contribution in [3.05, 3.63) is 29.3 Å². The normalized spacial score (nSPS) is 17.3. The molecule has 1 N–H and O–H groups in total. The molecular formula is C16H23ClN2O2. The molecule has 5 heteroatoms. The molecule has 1 atom stereocenters. The number of nitrogens with zero attached hydrogens (tertiary/aromatic N) is 1. The SMILES string of the molecule is CCN(C(=O)C(C)Oc1cccc(Cl)c1)C1CCNCC1. The molecule has 0 radical (unpaired) electrons. The summed E-state index contributed by atoms with van der Waals surface area (Å²) in [6.07, 6.45) is 1.51. The van der Waals surface area contributed by atoms with Gasteiger partial charge in [-0.25, -0.2) is 0 Å². The monoisotopic (exact) mass is 310 g/mol. The number of hydrogen-bond donors (Lipinski definition) is 1. The molecule has 0 aliphatic carbocycles. The summed E-state index contributed by atoms with van der Waals surface area (Å²) in [7, 11) is 0. The van der Waals surface area contributed by atoms with E-state index in [4.69, 9.17) is 16.3 Å². The molecule has 1 unspecified atom stereocenters. The van der Waals surface area contributed by atoms with E-state index in [0.717, 1.165) is 25.9 Å². The van der Waals surface area contributed by atoms with Gasteiger partial charge in [-0.1, -0.05) is 17.7 Å². The van der Waals surface area contributed by atoms with Crippen molar-refractivity contribution in [3.63, 3.8) is 0 Å². The Labute approximate surface area is 131 Å². The average Bonchev–Trinajstić information content (AvgIpc) is 2.49. The first kappa shape index (κ1) is 16.1. The van der Waals surface area contributed by atoms with E-state index in [1.54, 1.807) is 19.1 Å². The molecule has 1 heterocycles. The summed E-state index contributed by atoms with van der Waals surface area (Å²) >= 11 is 5.94. The molecule has 1 aliphatic heterocycles. The summed E-state index contributed by atoms with van der Waals surface area (Å²) < 4.78 is 5.74. The van der Waals surface area contributed by atoms with Crippen LogP contribution in [0.2, 0.25) is 5.02 Å². The number of hydrogen-bond acceptors (Lipinski definition) is 3. The molecule has 1 saturated heterocycles. The zero-order valence-electron chi connectivity index (χ0n) is 12.6. The molecule has 0 spiro atoms. The highest BCUT2D eigenvalue weighted by Gasteiger charge is 2.28. The average molecular weight is 311 g/mol. The van der Waals surface area contributed by atoms with Crippen LogP contribution < -0.4 is 10.1 Å². The van der Waals surface area contributed by atoms with Crippen LogP contribution in [0.1, 0.15) is 26.7 Å². The van der Waals surface area contributed by atoms with Crippen molar-refractivity contribution in [2.24, 2.45) is 0 Å². The van der Waals surface area contributed by atoms with Crippen LogP contribution in [-0.4, -0.2) is 42.6 Å². The van der Waals surface area contributed by atoms with Gasteiger partial charge in [0.25, 0.3) is 5.91 Å². The first-order valence-electron chi connectivity index (χ1n) is 7.55. The van der Waals surface area contributed by atoms with Gasteiger partial charge in [0.1, 0.15) is 5.75 Å². The second-order valence-electron chi connectivity index (χ2n) is 5.32. The quantitative estimate of drug-likeness (QED) is 0.909. The summed E-state index contributed by atoms with van der Waals surface area (Å²) in [6, 6.07) is 7.46. The third-order valence-electron chi connectivity index (χ3n) is 3.83. The van der Waals surface area contributed by atoms with Gasteiger partial charge in [0, 0.05) is 17.6 Å². The van der Waals surface area contributed by atoms with Gasteiger partial charge < -0.3 is 15.0 Å². The number of piperidine rings is 1. The first-order valence-corrected chi connectivity index (χ1v) is 7.93. The van der Waals surface area contributed by atoms with Crippen LogP contribution in [0.25, 0.3) is 0 Å². The van der Waals surface area contributed by atoms with E-state index in [1.807, 2.05) is 24.0 Å². The summed E-state index contributed by atoms with van der Waals surface area (Å²) in [6.45, 7) is 6.47. The fraction of sp³-hybridized carbons (Fsp3) is 0.562. The number of halogens is 1. The van der Waals surface area contributed by atoms with Gasteiger partial charge in [-0.3, -0.25) is 4.79 Å². The predicted octanol–water partition coefficient (Wildman–Crippen LogP) is 2.71. The van der Waals surface area contributed by atoms with Crippen LogP contribution >= 0.6 is 11.6 Å². The number of rotatable bonds is 5. The van der Waals surface area contributed by atoms with Gasteiger partial charge in [-0.2, -0.15) is 0 Å². The summed E-state index contributed by atoms with van der Waals surface area (Å²) in [5.74, 6) is 0.675. The van der Waals surface area contributed by atoms with Crippen molar-refractivity contribution in [1.29, 1.82) is 0 Å². The Balaban J connectivity index is 1.99. The Kier molecular flexibility index (Phi) is 5.88. The summed E-state index contributed by atoms with van der Waals surface area (Å²) in [5, 5.41) is 3.93. The Bertz CT molecular complexity index is 475. The zero-order valence-corrected chi connectivity index (χ0v) is 13.4. The molecule has 21 heavy (non-hydrogen) atoms. The molecule has 1 amide bonds. The largest absolute Gasteiger partial charge is 0.481 e. The highest BCUT2D eigenvalue weighted by atomic mass is 35.5. The van der Waals surface area contributed by atoms with Crippen LogP contribution in [0.3, 0.4) is 0 Å². The van der Waals surface area contributed by atoms with Crippen LogP contribution in [0.15, 0.2) is 24.3 Å². The fourth-order valence-corrected chi connectivity index (χ4v) is 2.92. The lowest BCUT2D eigenvalue weighted by molar-refractivity contribution is -0.140. The highest BCUT2D eigenvalue weighted by molar-refractivity contribution is 6.30. The van der Waals surface area contributed by atoms with Crippen molar-refractivity contribution in [2.45, 2.75) is 38.8 Å². The first-order chi connectivity index (χ1) is 10.1. The minimum Gasteiger partial charge on any atom is -0.481 e. The van der Waals surface area contributed by atoms with Crippen LogP contribution in [0.5, 0.6) is 5.75 Å². The van der Waals surface area contributed by atoms with Crippen LogP contribution in [-0.2, 0) is 4.79 Å². The van der Waals surface area contributed by atoms with E-state index >= 15 is 0 Å². The number of ether oxygens (including phenoxy) is 1. The molecule has 0 saturated carbocycles. The minimum atomic E-state index is -0.502. The molecule has 1 fully saturated rings. The zero-order chi connectivity index (χ0) is 15.2. The minimum absolute atomic E-state index is 0.0457. The van der Waals surface area contributed by atoms with Gasteiger partial charge in [0.15, 0.2) is 6.10 Å². The summed E-state index contributed by atoms with van der Waals surface area (Å²) in [4.78, 5) is 14.6. The molecule has 4 nitrogen and oxygen atoms in total. The fourth-order valence-electron chi connectivity index (χ4n) is 2.74. The maximum Gasteiger partial charge on any atom is 0.263 e. The lowest BCUT2D eigenvalue weighted by atomic mass is 10.0. The third kappa shape index (κ3) is 4.35. The lowest BCUT2D eigenvalue weighted by Gasteiger charge is -2.35. The van der Waals surface area contributed by atoms with Crippen molar-refractivity contribution in [1.82, 2.24) is 10.2 Å². The molecule has 2 rings (SSSR count). The van der Waals surface area contributed by atoms with E-state index in [1.165, 1.54) is 0 Å². The smallest absolute Gasteiger partial charge is 0.263 e. The Morgan fingerprint density at radius 2 is 2.19 bits per heavy atom. The van der Waals surface area contributed by atoms with Gasteiger partial charge >= 0.3 is 0 Å². The van der Waals surface area contributed by atoms with Gasteiger partial charge in [-0.15, -0.1) is 0 Å². The van der Waals surface area contributed by atoms with E-state index in [9.17, 15) is 4.79 Å². The van der Waals surface area contributed by atoms with E-state index in [0.29, 0.717) is 23.4 Å². The van der Waals surface area contributed by atoms with Crippen molar-refractivity contribution < 1.29 is 9.53 Å². The molecule has 0 aromatic heterocycles. The van der Waals surface area contributed by atoms with Gasteiger partial charge in [0.2, 0.25) is 0 Å². The molecule has 116 valence electrons. The number of benzene rings is 1. The number of carbonyl (C=O) groups excluding carboxylic acids is 1. The van der Waals surface area contributed by atoms with E-state index in [-0.39, 0.29) is 5.91 Å². The number of likely N-dealkylation sites (N-methyl/N-ethyl adjacent to an activating group) is 1. The maximum atomic E-state index is 12.6. The standard InChI is InChI=1S/C16H23ClN2O2/c1-3-19(14-7-9-18-10-8-14)16(20)12(2)21-15-6-4-5-13(17)11-15/h4-6,11-12,14,18H,3,7-10H2,1-2H3. The molecule has 1 aliphatic rings. The Hall–Kier alpha value is -1.26. The maximum absolute atomic E-state index is 12.6. The van der Waals surface area contributed by atoms with Gasteiger partial charge in [-0.05, 0) is 58.0 Å². The van der Waals surface area contributed by atoms with Crippen molar-refractivity contribution in [3.8, 4) is 5.75 Å². The number of nitrogens with one attached hydrogen (secondary N) is 1. The van der Waals surface area contributed by atoms with Gasteiger partial charge in [0.05, 0.1) is 0 Å². The van der Waals surface area contributed by atoms with E-state index in [2.05, 4.69) is 5.32 Å². The lowest BCUT2D eigenvalue weighted by Crippen LogP contribution is -2.50. The third-order valence-corrected chi connectivity index (χ3v) is 4.07. The predicted molar refractivity (Wildman–Crippen MR) is 84.8 cm³/mol. The van der Waals surface area contributed by atoms with E-state index < -0.39 is 6.10 Å². The molecule has 1 aromatic carbocycles. The molecular weight excluding hydrogens is 288 g/mol. The topological polar surface area (TPSA) is 41.6 Å². The number of carbonyl (C=O) groups is 1. The van der Waals surface area contributed by atoms with Crippen molar-refractivity contribution >= 4 is 17.5 Å². The highest BCUT2D eigenvalue weighted by Crippen LogP contribution is 2.20. The van der Waals surface area contributed by atoms with Crippen LogP contribution in [0.4, 0.5) is 0 Å². The summed E-state index contributed by atoms with van der Waals surface area (Å²) in [5.41, 5.74) is 0. The second kappa shape index (κ2) is 7.66. The second-order valence-corrected chi connectivity index (χ2v) is 5.76. The van der Waals surface area contributed by atoms with Crippen LogP contribution in [0, 0.1) is 0 Å². The molecule has 1 aromatic rings. The van der Waals surface area contributed by atoms with Crippen molar-refractivity contribution in [2.75, 3.05) is 19.6 Å². The molecule has 0 bridgehead atoms. The Morgan fingerprint density at radius 3 is 2.81 bits per heavy atom. The Morgan fingerprint density at radius 1 is 1.48 bits per heavy atom. The number of amides is 1.